The number of urea groups is 1. The van der Waals surface area contributed by atoms with Crippen molar-refractivity contribution in [2.75, 3.05) is 12.3 Å². The number of hydrogen-bond donors (Lipinski definition) is 1. The molecule has 0 radical (unpaired) electrons. The third-order valence-corrected chi connectivity index (χ3v) is 6.53. The zero-order chi connectivity index (χ0) is 18.7. The molecule has 138 valence electrons. The Kier molecular flexibility index (Phi) is 5.32. The largest absolute Gasteiger partial charge is 0.335 e. The molecular weight excluding hydrogens is 348 g/mol. The summed E-state index contributed by atoms with van der Waals surface area (Å²) in [7, 11) is -3.35. The first-order valence-electron chi connectivity index (χ1n) is 8.77. The topological polar surface area (TPSA) is 66.5 Å². The molecule has 1 aliphatic rings. The molecular formula is C20H24N2O3S. The average molecular weight is 372 g/mol. The van der Waals surface area contributed by atoms with Crippen molar-refractivity contribution in [2.24, 2.45) is 0 Å². The summed E-state index contributed by atoms with van der Waals surface area (Å²) in [5.41, 5.74) is 3.07. The lowest BCUT2D eigenvalue weighted by atomic mass is 10.0. The third kappa shape index (κ3) is 4.07. The molecule has 0 spiro atoms. The second-order valence-electron chi connectivity index (χ2n) is 6.83. The lowest BCUT2D eigenvalue weighted by Crippen LogP contribution is -2.45. The van der Waals surface area contributed by atoms with Crippen LogP contribution in [0.5, 0.6) is 0 Å². The van der Waals surface area contributed by atoms with E-state index in [0.717, 1.165) is 6.42 Å². The summed E-state index contributed by atoms with van der Waals surface area (Å²) in [6.45, 7) is 4.52. The molecule has 2 aromatic carbocycles. The van der Waals surface area contributed by atoms with Gasteiger partial charge >= 0.3 is 6.03 Å². The van der Waals surface area contributed by atoms with Crippen LogP contribution in [0.4, 0.5) is 4.79 Å². The van der Waals surface area contributed by atoms with Crippen LogP contribution in [-0.2, 0) is 22.8 Å². The Balaban J connectivity index is 1.70. The number of rotatable bonds is 3. The fourth-order valence-corrected chi connectivity index (χ4v) is 4.76. The van der Waals surface area contributed by atoms with Crippen LogP contribution in [0.1, 0.15) is 23.6 Å². The van der Waals surface area contributed by atoms with E-state index in [4.69, 9.17) is 0 Å². The molecule has 0 aromatic heterocycles. The molecule has 1 N–H and O–H groups in total. The maximum atomic E-state index is 12.7. The predicted molar refractivity (Wildman–Crippen MR) is 102 cm³/mol. The number of aryl methyl sites for hydroxylation is 1. The van der Waals surface area contributed by atoms with Crippen molar-refractivity contribution in [3.05, 3.63) is 65.2 Å². The van der Waals surface area contributed by atoms with Crippen LogP contribution in [0.2, 0.25) is 0 Å². The molecule has 0 aliphatic carbocycles. The summed E-state index contributed by atoms with van der Waals surface area (Å²) in [6, 6.07) is 14.8. The summed E-state index contributed by atoms with van der Waals surface area (Å²) in [5, 5.41) is 3.00. The minimum Gasteiger partial charge on any atom is -0.335 e. The van der Waals surface area contributed by atoms with Gasteiger partial charge in [0, 0.05) is 19.1 Å². The number of carbonyl (C=O) groups excluding carboxylic acids is 1. The van der Waals surface area contributed by atoms with E-state index < -0.39 is 9.84 Å². The number of carbonyl (C=O) groups is 1. The maximum Gasteiger partial charge on any atom is 0.317 e. The highest BCUT2D eigenvalue weighted by atomic mass is 32.2. The summed E-state index contributed by atoms with van der Waals surface area (Å²) in [5.74, 6) is -0.0520. The summed E-state index contributed by atoms with van der Waals surface area (Å²) < 4.78 is 24.8. The highest BCUT2D eigenvalue weighted by Gasteiger charge is 2.27. The van der Waals surface area contributed by atoms with Gasteiger partial charge in [-0.25, -0.2) is 13.2 Å². The van der Waals surface area contributed by atoms with Gasteiger partial charge in [0.15, 0.2) is 9.84 Å². The number of benzene rings is 2. The SMILES string of the molecule is Cc1ccccc1CC(C)NC(=O)N1CCS(=O)(=O)c2ccccc2C1. The van der Waals surface area contributed by atoms with Gasteiger partial charge in [-0.15, -0.1) is 0 Å². The second-order valence-corrected chi connectivity index (χ2v) is 8.91. The van der Waals surface area contributed by atoms with Crippen molar-refractivity contribution in [3.8, 4) is 0 Å². The van der Waals surface area contributed by atoms with Gasteiger partial charge in [-0.3, -0.25) is 0 Å². The van der Waals surface area contributed by atoms with Crippen molar-refractivity contribution < 1.29 is 13.2 Å². The summed E-state index contributed by atoms with van der Waals surface area (Å²) in [6.07, 6.45) is 0.737. The molecule has 1 heterocycles. The molecule has 0 bridgehead atoms. The molecule has 3 rings (SSSR count). The summed E-state index contributed by atoms with van der Waals surface area (Å²) >= 11 is 0. The van der Waals surface area contributed by atoms with E-state index in [1.807, 2.05) is 19.1 Å². The van der Waals surface area contributed by atoms with Crippen LogP contribution in [0.3, 0.4) is 0 Å². The van der Waals surface area contributed by atoms with Gasteiger partial charge < -0.3 is 10.2 Å². The van der Waals surface area contributed by atoms with E-state index in [1.54, 1.807) is 29.2 Å². The van der Waals surface area contributed by atoms with Gasteiger partial charge in [-0.05, 0) is 43.0 Å². The second kappa shape index (κ2) is 7.50. The Hall–Kier alpha value is -2.34. The number of amides is 2. The highest BCUT2D eigenvalue weighted by Crippen LogP contribution is 2.22. The molecule has 2 amide bonds. The Morgan fingerprint density at radius 3 is 2.62 bits per heavy atom. The highest BCUT2D eigenvalue weighted by molar-refractivity contribution is 7.91. The van der Waals surface area contributed by atoms with E-state index in [9.17, 15) is 13.2 Å². The van der Waals surface area contributed by atoms with E-state index in [0.29, 0.717) is 17.0 Å². The van der Waals surface area contributed by atoms with Gasteiger partial charge in [0.25, 0.3) is 0 Å². The number of nitrogens with one attached hydrogen (secondary N) is 1. The van der Waals surface area contributed by atoms with Crippen molar-refractivity contribution in [3.63, 3.8) is 0 Å². The van der Waals surface area contributed by atoms with Crippen LogP contribution in [0, 0.1) is 6.92 Å². The number of nitrogens with zero attached hydrogens (tertiary/aromatic N) is 1. The molecule has 6 heteroatoms. The molecule has 26 heavy (non-hydrogen) atoms. The lowest BCUT2D eigenvalue weighted by Gasteiger charge is -2.24. The van der Waals surface area contributed by atoms with Gasteiger partial charge in [-0.1, -0.05) is 42.5 Å². The first-order chi connectivity index (χ1) is 12.4. The number of sulfone groups is 1. The molecule has 1 atom stereocenters. The molecule has 1 unspecified atom stereocenters. The molecule has 5 nitrogen and oxygen atoms in total. The third-order valence-electron chi connectivity index (χ3n) is 4.74. The molecule has 2 aromatic rings. The number of hydrogen-bond acceptors (Lipinski definition) is 3. The minimum absolute atomic E-state index is 0.0429. The molecule has 0 fully saturated rings. The smallest absolute Gasteiger partial charge is 0.317 e. The Bertz CT molecular complexity index is 909. The molecule has 0 saturated carbocycles. The fraction of sp³-hybridized carbons (Fsp3) is 0.350. The zero-order valence-corrected chi connectivity index (χ0v) is 15.9. The molecule has 1 aliphatic heterocycles. The zero-order valence-electron chi connectivity index (χ0n) is 15.1. The normalized spacial score (nSPS) is 17.1. The lowest BCUT2D eigenvalue weighted by molar-refractivity contribution is 0.195. The number of fused-ring (bicyclic) bond motifs is 1. The van der Waals surface area contributed by atoms with E-state index in [1.165, 1.54) is 11.1 Å². The quantitative estimate of drug-likeness (QED) is 0.901. The van der Waals surface area contributed by atoms with E-state index in [2.05, 4.69) is 24.4 Å². The van der Waals surface area contributed by atoms with Gasteiger partial charge in [0.1, 0.15) is 0 Å². The predicted octanol–water partition coefficient (Wildman–Crippen LogP) is 2.93. The van der Waals surface area contributed by atoms with Crippen LogP contribution in [0.15, 0.2) is 53.4 Å². The van der Waals surface area contributed by atoms with Crippen LogP contribution >= 0.6 is 0 Å². The molecule has 0 saturated heterocycles. The van der Waals surface area contributed by atoms with Gasteiger partial charge in [-0.2, -0.15) is 0 Å². The van der Waals surface area contributed by atoms with Gasteiger partial charge in [0.2, 0.25) is 0 Å². The van der Waals surface area contributed by atoms with E-state index in [-0.39, 0.29) is 24.4 Å². The average Bonchev–Trinajstić information content (AvgIpc) is 2.73. The van der Waals surface area contributed by atoms with Crippen molar-refractivity contribution in [1.29, 1.82) is 0 Å². The maximum absolute atomic E-state index is 12.7. The van der Waals surface area contributed by atoms with Crippen LogP contribution < -0.4 is 5.32 Å². The Labute approximate surface area is 154 Å². The van der Waals surface area contributed by atoms with E-state index >= 15 is 0 Å². The first-order valence-corrected chi connectivity index (χ1v) is 10.4. The minimum atomic E-state index is -3.35. The van der Waals surface area contributed by atoms with Crippen molar-refractivity contribution >= 4 is 15.9 Å². The first kappa shape index (κ1) is 18.5. The van der Waals surface area contributed by atoms with Crippen molar-refractivity contribution in [2.45, 2.75) is 37.8 Å². The standard InChI is InChI=1S/C20H24N2O3S/c1-15-7-3-4-8-17(15)13-16(2)21-20(23)22-11-12-26(24,25)19-10-6-5-9-18(19)14-22/h3-10,16H,11-14H2,1-2H3,(H,21,23). The van der Waals surface area contributed by atoms with Crippen LogP contribution in [0.25, 0.3) is 0 Å². The summed E-state index contributed by atoms with van der Waals surface area (Å²) in [4.78, 5) is 14.6. The fourth-order valence-electron chi connectivity index (χ4n) is 3.26. The monoisotopic (exact) mass is 372 g/mol. The van der Waals surface area contributed by atoms with Crippen LogP contribution in [-0.4, -0.2) is 37.7 Å². The van der Waals surface area contributed by atoms with Gasteiger partial charge in [0.05, 0.1) is 10.6 Å². The van der Waals surface area contributed by atoms with Crippen molar-refractivity contribution in [1.82, 2.24) is 10.2 Å². The Morgan fingerprint density at radius 2 is 1.85 bits per heavy atom. The Morgan fingerprint density at radius 1 is 1.15 bits per heavy atom.